The van der Waals surface area contributed by atoms with Gasteiger partial charge in [-0.1, -0.05) is 77.6 Å². The Morgan fingerprint density at radius 1 is 1.04 bits per heavy atom. The molecule has 0 bridgehead atoms. The molecule has 0 aromatic heterocycles. The van der Waals surface area contributed by atoms with E-state index in [1.807, 2.05) is 0 Å². The monoisotopic (exact) mass is 373 g/mol. The zero-order valence-electron chi connectivity index (χ0n) is 16.2. The third kappa shape index (κ3) is 8.72. The van der Waals surface area contributed by atoms with E-state index in [1.54, 1.807) is 6.07 Å². The molecule has 1 aromatic rings. The average molecular weight is 373 g/mol. The summed E-state index contributed by atoms with van der Waals surface area (Å²) in [6.07, 6.45) is 16.4. The zero-order valence-corrected chi connectivity index (χ0v) is 16.2. The van der Waals surface area contributed by atoms with Gasteiger partial charge in [-0.15, -0.1) is 0 Å². The smallest absolute Gasteiger partial charge is 0.337 e. The van der Waals surface area contributed by atoms with Gasteiger partial charge in [0.15, 0.2) is 0 Å². The Hall–Kier alpha value is -2.35. The number of unbranched alkanes of at least 4 members (excludes halogenated alkanes) is 4. The van der Waals surface area contributed by atoms with Crippen LogP contribution in [0.5, 0.6) is 0 Å². The highest BCUT2D eigenvalue weighted by molar-refractivity contribution is 5.94. The van der Waals surface area contributed by atoms with Crippen LogP contribution in [0, 0.1) is 17.2 Å². The summed E-state index contributed by atoms with van der Waals surface area (Å²) < 4.78 is 0. The number of benzene rings is 1. The number of carboxylic acids is 2. The maximum Gasteiger partial charge on any atom is 0.337 e. The van der Waals surface area contributed by atoms with Gasteiger partial charge in [-0.3, -0.25) is 0 Å². The molecule has 5 heteroatoms. The van der Waals surface area contributed by atoms with Crippen molar-refractivity contribution < 1.29 is 19.8 Å². The lowest BCUT2D eigenvalue weighted by Gasteiger charge is -2.21. The van der Waals surface area contributed by atoms with Gasteiger partial charge in [0.25, 0.3) is 0 Å². The number of nitrogens with zero attached hydrogens (tertiary/aromatic N) is 1. The van der Waals surface area contributed by atoms with Crippen molar-refractivity contribution in [1.29, 1.82) is 5.26 Å². The number of carbonyl (C=O) groups is 2. The Balaban J connectivity index is 0.000000271. The summed E-state index contributed by atoms with van der Waals surface area (Å²) in [7, 11) is 0. The molecule has 0 atom stereocenters. The second-order valence-electron chi connectivity index (χ2n) is 7.19. The summed E-state index contributed by atoms with van der Waals surface area (Å²) in [4.78, 5) is 21.1. The molecule has 0 radical (unpaired) electrons. The molecule has 2 rings (SSSR count). The number of nitriles is 1. The van der Waals surface area contributed by atoms with Gasteiger partial charge in [-0.05, 0) is 24.1 Å². The SMILES string of the molecule is CCCCCCCC1CCCCC1.N#Cc1cc(C(=O)O)ccc1C(=O)O. The number of hydrogen-bond donors (Lipinski definition) is 2. The van der Waals surface area contributed by atoms with Crippen LogP contribution in [0.15, 0.2) is 18.2 Å². The van der Waals surface area contributed by atoms with Crippen molar-refractivity contribution in [3.63, 3.8) is 0 Å². The van der Waals surface area contributed by atoms with Crippen LogP contribution in [0.3, 0.4) is 0 Å². The van der Waals surface area contributed by atoms with Crippen molar-refractivity contribution in [1.82, 2.24) is 0 Å². The van der Waals surface area contributed by atoms with Gasteiger partial charge in [0.1, 0.15) is 6.07 Å². The van der Waals surface area contributed by atoms with Gasteiger partial charge in [0.2, 0.25) is 0 Å². The molecule has 0 spiro atoms. The van der Waals surface area contributed by atoms with E-state index >= 15 is 0 Å². The van der Waals surface area contributed by atoms with E-state index in [0.717, 1.165) is 24.1 Å². The first-order chi connectivity index (χ1) is 13.0. The van der Waals surface area contributed by atoms with E-state index in [2.05, 4.69) is 6.92 Å². The van der Waals surface area contributed by atoms with Crippen LogP contribution in [0.2, 0.25) is 0 Å². The number of rotatable bonds is 8. The van der Waals surface area contributed by atoms with Gasteiger partial charge >= 0.3 is 11.9 Å². The Labute approximate surface area is 162 Å². The topological polar surface area (TPSA) is 98.4 Å². The first kappa shape index (κ1) is 22.7. The first-order valence-electron chi connectivity index (χ1n) is 10.00. The minimum absolute atomic E-state index is 0.105. The van der Waals surface area contributed by atoms with Crippen LogP contribution in [0.4, 0.5) is 0 Å². The van der Waals surface area contributed by atoms with Gasteiger partial charge in [0.05, 0.1) is 16.7 Å². The summed E-state index contributed by atoms with van der Waals surface area (Å²) in [6, 6.07) is 4.91. The van der Waals surface area contributed by atoms with E-state index in [9.17, 15) is 9.59 Å². The number of carboxylic acid groups (broad SMARTS) is 2. The van der Waals surface area contributed by atoms with Crippen LogP contribution in [-0.4, -0.2) is 22.2 Å². The standard InChI is InChI=1S/C13H26.C9H5NO4/c1-2-3-4-5-7-10-13-11-8-6-9-12-13;10-4-6-3-5(8(11)12)1-2-7(6)9(13)14/h13H,2-12H2,1H3;1-3H,(H,11,12)(H,13,14). The molecule has 0 saturated heterocycles. The number of hydrogen-bond acceptors (Lipinski definition) is 3. The molecule has 0 aliphatic heterocycles. The van der Waals surface area contributed by atoms with Crippen molar-refractivity contribution in [2.45, 2.75) is 77.6 Å². The van der Waals surface area contributed by atoms with Crippen molar-refractivity contribution in [3.8, 4) is 6.07 Å². The molecule has 1 saturated carbocycles. The molecule has 1 aromatic carbocycles. The quantitative estimate of drug-likeness (QED) is 0.554. The summed E-state index contributed by atoms with van der Waals surface area (Å²) in [5, 5.41) is 25.8. The molecule has 1 aliphatic carbocycles. The summed E-state index contributed by atoms with van der Waals surface area (Å²) in [5.41, 5.74) is -0.457. The molecular weight excluding hydrogens is 342 g/mol. The van der Waals surface area contributed by atoms with E-state index in [1.165, 1.54) is 70.6 Å². The molecule has 0 unspecified atom stereocenters. The number of aromatic carboxylic acids is 2. The van der Waals surface area contributed by atoms with Crippen LogP contribution < -0.4 is 0 Å². The lowest BCUT2D eigenvalue weighted by molar-refractivity contribution is 0.0681. The van der Waals surface area contributed by atoms with Crippen LogP contribution in [0.25, 0.3) is 0 Å². The Bertz CT molecular complexity index is 642. The predicted molar refractivity (Wildman–Crippen MR) is 105 cm³/mol. The second kappa shape index (κ2) is 12.9. The minimum atomic E-state index is -1.25. The lowest BCUT2D eigenvalue weighted by atomic mass is 9.85. The molecule has 5 nitrogen and oxygen atoms in total. The van der Waals surface area contributed by atoms with Crippen LogP contribution in [-0.2, 0) is 0 Å². The van der Waals surface area contributed by atoms with E-state index in [-0.39, 0.29) is 16.7 Å². The molecule has 0 heterocycles. The fourth-order valence-corrected chi connectivity index (χ4v) is 3.47. The summed E-state index contributed by atoms with van der Waals surface area (Å²) in [5.74, 6) is -1.34. The minimum Gasteiger partial charge on any atom is -0.478 e. The Morgan fingerprint density at radius 2 is 1.70 bits per heavy atom. The third-order valence-corrected chi connectivity index (χ3v) is 5.06. The first-order valence-corrected chi connectivity index (χ1v) is 10.00. The third-order valence-electron chi connectivity index (χ3n) is 5.06. The zero-order chi connectivity index (χ0) is 20.1. The van der Waals surface area contributed by atoms with Gasteiger partial charge < -0.3 is 10.2 Å². The van der Waals surface area contributed by atoms with Crippen molar-refractivity contribution in [2.24, 2.45) is 5.92 Å². The fourth-order valence-electron chi connectivity index (χ4n) is 3.47. The van der Waals surface area contributed by atoms with Gasteiger partial charge in [0, 0.05) is 0 Å². The predicted octanol–water partition coefficient (Wildman–Crippen LogP) is 5.88. The van der Waals surface area contributed by atoms with Crippen LogP contribution >= 0.6 is 0 Å². The van der Waals surface area contributed by atoms with Crippen molar-refractivity contribution in [2.75, 3.05) is 0 Å². The highest BCUT2D eigenvalue weighted by Gasteiger charge is 2.13. The molecule has 1 fully saturated rings. The maximum absolute atomic E-state index is 10.6. The Morgan fingerprint density at radius 3 is 2.26 bits per heavy atom. The maximum atomic E-state index is 10.6. The Kier molecular flexibility index (Phi) is 10.9. The lowest BCUT2D eigenvalue weighted by Crippen LogP contribution is -2.05. The largest absolute Gasteiger partial charge is 0.478 e. The highest BCUT2D eigenvalue weighted by atomic mass is 16.4. The molecular formula is C22H31NO4. The average Bonchev–Trinajstić information content (AvgIpc) is 2.68. The van der Waals surface area contributed by atoms with Crippen molar-refractivity contribution in [3.05, 3.63) is 34.9 Å². The molecule has 2 N–H and O–H groups in total. The van der Waals surface area contributed by atoms with E-state index < -0.39 is 11.9 Å². The summed E-state index contributed by atoms with van der Waals surface area (Å²) in [6.45, 7) is 2.29. The molecule has 148 valence electrons. The highest BCUT2D eigenvalue weighted by Crippen LogP contribution is 2.28. The molecule has 27 heavy (non-hydrogen) atoms. The normalized spacial score (nSPS) is 13.9. The summed E-state index contributed by atoms with van der Waals surface area (Å²) >= 11 is 0. The van der Waals surface area contributed by atoms with Crippen LogP contribution in [0.1, 0.15) is 104 Å². The van der Waals surface area contributed by atoms with E-state index in [0.29, 0.717) is 0 Å². The molecule has 0 amide bonds. The van der Waals surface area contributed by atoms with Crippen molar-refractivity contribution >= 4 is 11.9 Å². The fraction of sp³-hybridized carbons (Fsp3) is 0.591. The van der Waals surface area contributed by atoms with E-state index in [4.69, 9.17) is 15.5 Å². The van der Waals surface area contributed by atoms with Gasteiger partial charge in [-0.25, -0.2) is 9.59 Å². The second-order valence-corrected chi connectivity index (χ2v) is 7.19. The molecule has 1 aliphatic rings. The van der Waals surface area contributed by atoms with Gasteiger partial charge in [-0.2, -0.15) is 5.26 Å².